The summed E-state index contributed by atoms with van der Waals surface area (Å²) in [5, 5.41) is 1.38. The minimum atomic E-state index is -0.662. The molecule has 0 bridgehead atoms. The highest BCUT2D eigenvalue weighted by Gasteiger charge is 2.32. The number of nitrogens with one attached hydrogen (secondary N) is 1. The summed E-state index contributed by atoms with van der Waals surface area (Å²) < 4.78 is 11.4. The fourth-order valence-electron chi connectivity index (χ4n) is 3.44. The van der Waals surface area contributed by atoms with Crippen LogP contribution in [0, 0.1) is 0 Å². The van der Waals surface area contributed by atoms with Crippen molar-refractivity contribution in [1.29, 1.82) is 0 Å². The molecule has 0 aliphatic carbocycles. The largest absolute Gasteiger partial charge is 0.486 e. The SMILES string of the molecule is CCN(Cc1cccc2c1OCCO2)C(=O)C1=NC(C)C(=O)N(c2ccccc2)N1. The van der Waals surface area contributed by atoms with Crippen molar-refractivity contribution in [2.45, 2.75) is 26.4 Å². The van der Waals surface area contributed by atoms with Crippen molar-refractivity contribution in [3.63, 3.8) is 0 Å². The van der Waals surface area contributed by atoms with Gasteiger partial charge in [-0.1, -0.05) is 30.3 Å². The number of rotatable bonds is 5. The van der Waals surface area contributed by atoms with Gasteiger partial charge in [0.2, 0.25) is 5.84 Å². The zero-order valence-electron chi connectivity index (χ0n) is 17.0. The molecular weight excluding hydrogens is 384 g/mol. The molecule has 0 spiro atoms. The first-order valence-corrected chi connectivity index (χ1v) is 9.98. The highest BCUT2D eigenvalue weighted by Crippen LogP contribution is 2.34. The molecule has 8 heteroatoms. The third kappa shape index (κ3) is 3.80. The molecule has 2 aromatic carbocycles. The van der Waals surface area contributed by atoms with Crippen molar-refractivity contribution >= 4 is 23.3 Å². The van der Waals surface area contributed by atoms with Crippen LogP contribution in [0.2, 0.25) is 0 Å². The van der Waals surface area contributed by atoms with Crippen LogP contribution < -0.4 is 19.9 Å². The van der Waals surface area contributed by atoms with Gasteiger partial charge in [-0.3, -0.25) is 15.0 Å². The number of amides is 2. The van der Waals surface area contributed by atoms with E-state index in [2.05, 4.69) is 10.4 Å². The lowest BCUT2D eigenvalue weighted by Gasteiger charge is -2.32. The predicted octanol–water partition coefficient (Wildman–Crippen LogP) is 2.14. The van der Waals surface area contributed by atoms with Crippen molar-refractivity contribution < 1.29 is 19.1 Å². The number of likely N-dealkylation sites (N-methyl/N-ethyl adjacent to an activating group) is 1. The molecule has 1 unspecified atom stereocenters. The molecule has 30 heavy (non-hydrogen) atoms. The van der Waals surface area contributed by atoms with Gasteiger partial charge < -0.3 is 14.4 Å². The number of carbonyl (C=O) groups is 2. The zero-order chi connectivity index (χ0) is 21.1. The number of fused-ring (bicyclic) bond motifs is 1. The molecule has 2 aromatic rings. The van der Waals surface area contributed by atoms with E-state index in [-0.39, 0.29) is 17.6 Å². The summed E-state index contributed by atoms with van der Waals surface area (Å²) in [5.41, 5.74) is 4.42. The first-order valence-electron chi connectivity index (χ1n) is 9.98. The summed E-state index contributed by atoms with van der Waals surface area (Å²) in [5.74, 6) is 0.984. The van der Waals surface area contributed by atoms with Gasteiger partial charge in [-0.05, 0) is 32.0 Å². The van der Waals surface area contributed by atoms with Gasteiger partial charge in [-0.2, -0.15) is 0 Å². The van der Waals surface area contributed by atoms with E-state index in [0.29, 0.717) is 43.5 Å². The van der Waals surface area contributed by atoms with Crippen LogP contribution in [0.4, 0.5) is 5.69 Å². The Morgan fingerprint density at radius 1 is 1.17 bits per heavy atom. The van der Waals surface area contributed by atoms with Crippen LogP contribution >= 0.6 is 0 Å². The van der Waals surface area contributed by atoms with Crippen LogP contribution in [0.25, 0.3) is 0 Å². The fraction of sp³-hybridized carbons (Fsp3) is 0.318. The minimum Gasteiger partial charge on any atom is -0.486 e. The Hall–Kier alpha value is -3.55. The Labute approximate surface area is 175 Å². The van der Waals surface area contributed by atoms with E-state index in [1.807, 2.05) is 43.3 Å². The van der Waals surface area contributed by atoms with Gasteiger partial charge in [-0.25, -0.2) is 10.0 Å². The van der Waals surface area contributed by atoms with Crippen LogP contribution in [0.5, 0.6) is 11.5 Å². The van der Waals surface area contributed by atoms with E-state index in [0.717, 1.165) is 5.56 Å². The molecule has 0 fully saturated rings. The maximum absolute atomic E-state index is 13.3. The molecule has 2 amide bonds. The molecular formula is C22H24N4O4. The smallest absolute Gasteiger partial charge is 0.291 e. The number of carbonyl (C=O) groups excluding carboxylic acids is 2. The second kappa shape index (κ2) is 8.44. The maximum atomic E-state index is 13.3. The number of hydrazine groups is 1. The number of hydrogen-bond acceptors (Lipinski definition) is 6. The highest BCUT2D eigenvalue weighted by atomic mass is 16.6. The van der Waals surface area contributed by atoms with Gasteiger partial charge in [0.1, 0.15) is 19.3 Å². The predicted molar refractivity (Wildman–Crippen MR) is 112 cm³/mol. The van der Waals surface area contributed by atoms with Crippen molar-refractivity contribution in [3.05, 3.63) is 54.1 Å². The summed E-state index contributed by atoms with van der Waals surface area (Å²) in [6, 6.07) is 14.1. The van der Waals surface area contributed by atoms with Crippen LogP contribution in [-0.4, -0.2) is 48.4 Å². The van der Waals surface area contributed by atoms with Gasteiger partial charge in [0, 0.05) is 18.7 Å². The lowest BCUT2D eigenvalue weighted by Crippen LogP contribution is -2.58. The Morgan fingerprint density at radius 3 is 2.70 bits per heavy atom. The Bertz CT molecular complexity index is 976. The van der Waals surface area contributed by atoms with Gasteiger partial charge in [0.15, 0.2) is 11.5 Å². The van der Waals surface area contributed by atoms with E-state index in [4.69, 9.17) is 9.47 Å². The van der Waals surface area contributed by atoms with E-state index < -0.39 is 6.04 Å². The molecule has 0 aromatic heterocycles. The van der Waals surface area contributed by atoms with Crippen molar-refractivity contribution in [3.8, 4) is 11.5 Å². The molecule has 0 radical (unpaired) electrons. The Balaban J connectivity index is 1.56. The van der Waals surface area contributed by atoms with Crippen molar-refractivity contribution in [2.75, 3.05) is 24.8 Å². The summed E-state index contributed by atoms with van der Waals surface area (Å²) in [6.07, 6.45) is 0. The minimum absolute atomic E-state index is 0.134. The fourth-order valence-corrected chi connectivity index (χ4v) is 3.44. The second-order valence-corrected chi connectivity index (χ2v) is 7.04. The van der Waals surface area contributed by atoms with Crippen molar-refractivity contribution in [2.24, 2.45) is 4.99 Å². The second-order valence-electron chi connectivity index (χ2n) is 7.04. The topological polar surface area (TPSA) is 83.5 Å². The number of anilines is 1. The third-order valence-corrected chi connectivity index (χ3v) is 5.01. The van der Waals surface area contributed by atoms with Crippen molar-refractivity contribution in [1.82, 2.24) is 10.3 Å². The van der Waals surface area contributed by atoms with Gasteiger partial charge in [0.05, 0.1) is 5.69 Å². The quantitative estimate of drug-likeness (QED) is 0.820. The number of benzene rings is 2. The first kappa shape index (κ1) is 19.8. The lowest BCUT2D eigenvalue weighted by atomic mass is 10.1. The summed E-state index contributed by atoms with van der Waals surface area (Å²) >= 11 is 0. The van der Waals surface area contributed by atoms with Gasteiger partial charge >= 0.3 is 0 Å². The lowest BCUT2D eigenvalue weighted by molar-refractivity contribution is -0.125. The third-order valence-electron chi connectivity index (χ3n) is 5.01. The molecule has 156 valence electrons. The summed E-state index contributed by atoms with van der Waals surface area (Å²) in [7, 11) is 0. The van der Waals surface area contributed by atoms with E-state index in [9.17, 15) is 9.59 Å². The zero-order valence-corrected chi connectivity index (χ0v) is 17.0. The Morgan fingerprint density at radius 2 is 1.93 bits per heavy atom. The average Bonchev–Trinajstić information content (AvgIpc) is 2.79. The number of para-hydroxylation sites is 2. The highest BCUT2D eigenvalue weighted by molar-refractivity contribution is 6.39. The van der Waals surface area contributed by atoms with E-state index >= 15 is 0 Å². The molecule has 4 rings (SSSR count). The Kier molecular flexibility index (Phi) is 5.56. The molecule has 2 aliphatic rings. The maximum Gasteiger partial charge on any atom is 0.291 e. The van der Waals surface area contributed by atoms with Crippen LogP contribution in [0.1, 0.15) is 19.4 Å². The molecule has 2 aliphatic heterocycles. The number of amidine groups is 1. The number of hydrogen-bond donors (Lipinski definition) is 1. The van der Waals surface area contributed by atoms with Crippen LogP contribution in [0.15, 0.2) is 53.5 Å². The first-order chi connectivity index (χ1) is 14.6. The number of nitrogens with zero attached hydrogens (tertiary/aromatic N) is 3. The molecule has 1 atom stereocenters. The number of ether oxygens (including phenoxy) is 2. The van der Waals surface area contributed by atoms with Gasteiger partial charge in [-0.15, -0.1) is 0 Å². The summed E-state index contributed by atoms with van der Waals surface area (Å²) in [4.78, 5) is 31.8. The number of aliphatic imine (C=N–C) groups is 1. The monoisotopic (exact) mass is 408 g/mol. The van der Waals surface area contributed by atoms with Gasteiger partial charge in [0.25, 0.3) is 11.8 Å². The molecule has 0 saturated carbocycles. The van der Waals surface area contributed by atoms with Crippen LogP contribution in [0.3, 0.4) is 0 Å². The van der Waals surface area contributed by atoms with E-state index in [1.165, 1.54) is 5.01 Å². The van der Waals surface area contributed by atoms with E-state index in [1.54, 1.807) is 24.0 Å². The molecule has 0 saturated heterocycles. The normalized spacial score (nSPS) is 17.8. The summed E-state index contributed by atoms with van der Waals surface area (Å²) in [6.45, 7) is 5.38. The van der Waals surface area contributed by atoms with Crippen LogP contribution in [-0.2, 0) is 16.1 Å². The molecule has 8 nitrogen and oxygen atoms in total. The molecule has 2 heterocycles. The standard InChI is InChI=1S/C22H24N4O4/c1-3-25(14-16-8-7-11-18-19(16)30-13-12-29-18)22(28)20-23-15(2)21(27)26(24-20)17-9-5-4-6-10-17/h4-11,15H,3,12-14H2,1-2H3,(H,23,24). The average molecular weight is 408 g/mol. The molecule has 1 N–H and O–H groups in total.